The summed E-state index contributed by atoms with van der Waals surface area (Å²) in [5.41, 5.74) is 0. The summed E-state index contributed by atoms with van der Waals surface area (Å²) in [7, 11) is 0. The molecule has 0 unspecified atom stereocenters. The van der Waals surface area contributed by atoms with Crippen LogP contribution in [0.5, 0.6) is 0 Å². The van der Waals surface area contributed by atoms with Gasteiger partial charge in [-0.15, -0.1) is 0 Å². The number of nitrogens with zero attached hydrogens (tertiary/aromatic N) is 2. The van der Waals surface area contributed by atoms with Crippen molar-refractivity contribution in [2.75, 3.05) is 13.2 Å². The van der Waals surface area contributed by atoms with Gasteiger partial charge in [-0.3, -0.25) is 4.79 Å². The second-order valence-electron chi connectivity index (χ2n) is 3.70. The first kappa shape index (κ1) is 12.7. The summed E-state index contributed by atoms with van der Waals surface area (Å²) < 4.78 is 2.03. The van der Waals surface area contributed by atoms with Crippen molar-refractivity contribution < 1.29 is 9.90 Å². The van der Waals surface area contributed by atoms with Gasteiger partial charge in [-0.05, 0) is 19.8 Å². The van der Waals surface area contributed by atoms with E-state index in [4.69, 9.17) is 5.11 Å². The van der Waals surface area contributed by atoms with Gasteiger partial charge in [0.05, 0.1) is 0 Å². The zero-order valence-electron chi connectivity index (χ0n) is 9.65. The minimum atomic E-state index is 0.0474. The highest BCUT2D eigenvalue weighted by molar-refractivity contribution is 5.75. The zero-order chi connectivity index (χ0) is 11.8. The van der Waals surface area contributed by atoms with Crippen LogP contribution in [0, 0.1) is 6.92 Å². The van der Waals surface area contributed by atoms with Crippen LogP contribution in [0.2, 0.25) is 0 Å². The van der Waals surface area contributed by atoms with Gasteiger partial charge in [0.15, 0.2) is 0 Å². The quantitative estimate of drug-likeness (QED) is 0.663. The maximum Gasteiger partial charge on any atom is 0.220 e. The fraction of sp³-hybridized carbons (Fsp3) is 0.636. The standard InChI is InChI=1S/C11H19N3O2/c1-10-12-6-8-14(10)7-2-4-11(16)13-5-3-9-15/h6,8,15H,2-5,7,9H2,1H3,(H,13,16). The van der Waals surface area contributed by atoms with E-state index in [0.717, 1.165) is 18.8 Å². The molecule has 1 aromatic heterocycles. The van der Waals surface area contributed by atoms with Gasteiger partial charge in [0.1, 0.15) is 5.82 Å². The van der Waals surface area contributed by atoms with Crippen molar-refractivity contribution in [3.63, 3.8) is 0 Å². The maximum absolute atomic E-state index is 11.3. The summed E-state index contributed by atoms with van der Waals surface area (Å²) >= 11 is 0. The molecule has 0 saturated carbocycles. The Hall–Kier alpha value is -1.36. The molecule has 0 radical (unpaired) electrons. The summed E-state index contributed by atoms with van der Waals surface area (Å²) in [4.78, 5) is 15.4. The lowest BCUT2D eigenvalue weighted by Gasteiger charge is -2.05. The Morgan fingerprint density at radius 3 is 3.00 bits per heavy atom. The van der Waals surface area contributed by atoms with Gasteiger partial charge in [-0.1, -0.05) is 0 Å². The van der Waals surface area contributed by atoms with Crippen LogP contribution in [0.4, 0.5) is 0 Å². The van der Waals surface area contributed by atoms with Gasteiger partial charge in [-0.25, -0.2) is 4.98 Å². The number of hydrogen-bond acceptors (Lipinski definition) is 3. The zero-order valence-corrected chi connectivity index (χ0v) is 9.65. The number of rotatable bonds is 7. The van der Waals surface area contributed by atoms with Crippen LogP contribution in [0.1, 0.15) is 25.1 Å². The maximum atomic E-state index is 11.3. The number of aliphatic hydroxyl groups excluding tert-OH is 1. The lowest BCUT2D eigenvalue weighted by molar-refractivity contribution is -0.121. The van der Waals surface area contributed by atoms with Gasteiger partial charge in [-0.2, -0.15) is 0 Å². The Bertz CT molecular complexity index is 323. The van der Waals surface area contributed by atoms with Gasteiger partial charge in [0.25, 0.3) is 0 Å². The van der Waals surface area contributed by atoms with Crippen molar-refractivity contribution in [3.8, 4) is 0 Å². The first-order valence-electron chi connectivity index (χ1n) is 5.59. The minimum Gasteiger partial charge on any atom is -0.396 e. The molecule has 1 heterocycles. The number of aromatic nitrogens is 2. The average molecular weight is 225 g/mol. The van der Waals surface area contributed by atoms with E-state index in [1.165, 1.54) is 0 Å². The Labute approximate surface area is 95.5 Å². The molecule has 1 amide bonds. The van der Waals surface area contributed by atoms with Crippen molar-refractivity contribution in [2.45, 2.75) is 32.7 Å². The van der Waals surface area contributed by atoms with Gasteiger partial charge < -0.3 is 15.0 Å². The van der Waals surface area contributed by atoms with E-state index in [0.29, 0.717) is 19.4 Å². The summed E-state index contributed by atoms with van der Waals surface area (Å²) in [5.74, 6) is 1.02. The first-order valence-corrected chi connectivity index (χ1v) is 5.59. The average Bonchev–Trinajstić information content (AvgIpc) is 2.65. The van der Waals surface area contributed by atoms with Gasteiger partial charge in [0.2, 0.25) is 5.91 Å². The predicted molar refractivity (Wildman–Crippen MR) is 60.9 cm³/mol. The molecule has 0 aliphatic carbocycles. The van der Waals surface area contributed by atoms with Crippen molar-refractivity contribution >= 4 is 5.91 Å². The van der Waals surface area contributed by atoms with E-state index in [1.54, 1.807) is 6.20 Å². The number of imidazole rings is 1. The monoisotopic (exact) mass is 225 g/mol. The van der Waals surface area contributed by atoms with Crippen LogP contribution in [0.15, 0.2) is 12.4 Å². The number of aryl methyl sites for hydroxylation is 2. The van der Waals surface area contributed by atoms with Crippen LogP contribution in [-0.4, -0.2) is 33.7 Å². The van der Waals surface area contributed by atoms with E-state index >= 15 is 0 Å². The Morgan fingerprint density at radius 2 is 2.38 bits per heavy atom. The number of nitrogens with one attached hydrogen (secondary N) is 1. The first-order chi connectivity index (χ1) is 7.74. The normalized spacial score (nSPS) is 10.4. The Morgan fingerprint density at radius 1 is 1.56 bits per heavy atom. The molecular weight excluding hydrogens is 206 g/mol. The van der Waals surface area contributed by atoms with Crippen LogP contribution in [0.3, 0.4) is 0 Å². The van der Waals surface area contributed by atoms with Crippen molar-refractivity contribution in [2.24, 2.45) is 0 Å². The molecule has 0 atom stereocenters. The molecular formula is C11H19N3O2. The predicted octanol–water partition coefficient (Wildman–Crippen LogP) is 0.470. The number of carbonyl (C=O) groups excluding carboxylic acids is 1. The third kappa shape index (κ3) is 4.44. The molecule has 0 bridgehead atoms. The molecule has 1 rings (SSSR count). The topological polar surface area (TPSA) is 67.2 Å². The van der Waals surface area contributed by atoms with Crippen LogP contribution in [-0.2, 0) is 11.3 Å². The lowest BCUT2D eigenvalue weighted by Crippen LogP contribution is -2.25. The van der Waals surface area contributed by atoms with Gasteiger partial charge in [0, 0.05) is 38.5 Å². The van der Waals surface area contributed by atoms with E-state index < -0.39 is 0 Å². The molecule has 0 fully saturated rings. The SMILES string of the molecule is Cc1nccn1CCCC(=O)NCCCO. The Balaban J connectivity index is 2.11. The molecule has 0 saturated heterocycles. The Kier molecular flexibility index (Phi) is 5.56. The summed E-state index contributed by atoms with van der Waals surface area (Å²) in [5, 5.41) is 11.3. The fourth-order valence-electron chi connectivity index (χ4n) is 1.45. The summed E-state index contributed by atoms with van der Waals surface area (Å²) in [6, 6.07) is 0. The molecule has 1 aromatic rings. The molecule has 0 aromatic carbocycles. The number of carbonyl (C=O) groups is 1. The summed E-state index contributed by atoms with van der Waals surface area (Å²) in [6.45, 7) is 3.44. The molecule has 0 aliphatic rings. The molecule has 5 nitrogen and oxygen atoms in total. The highest BCUT2D eigenvalue weighted by Crippen LogP contribution is 1.99. The van der Waals surface area contributed by atoms with Crippen LogP contribution >= 0.6 is 0 Å². The second kappa shape index (κ2) is 7.00. The molecule has 0 spiro atoms. The number of aliphatic hydroxyl groups is 1. The number of hydrogen-bond donors (Lipinski definition) is 2. The molecule has 2 N–H and O–H groups in total. The van der Waals surface area contributed by atoms with Crippen LogP contribution in [0.25, 0.3) is 0 Å². The van der Waals surface area contributed by atoms with E-state index in [-0.39, 0.29) is 12.5 Å². The smallest absolute Gasteiger partial charge is 0.220 e. The minimum absolute atomic E-state index is 0.0474. The highest BCUT2D eigenvalue weighted by Gasteiger charge is 2.01. The van der Waals surface area contributed by atoms with Crippen LogP contribution < -0.4 is 5.32 Å². The largest absolute Gasteiger partial charge is 0.396 e. The van der Waals surface area contributed by atoms with Gasteiger partial charge >= 0.3 is 0 Å². The van der Waals surface area contributed by atoms with E-state index in [2.05, 4.69) is 10.3 Å². The number of amides is 1. The molecule has 0 aliphatic heterocycles. The summed E-state index contributed by atoms with van der Waals surface area (Å²) in [6.07, 6.45) is 5.62. The van der Waals surface area contributed by atoms with Crippen molar-refractivity contribution in [1.82, 2.24) is 14.9 Å². The molecule has 16 heavy (non-hydrogen) atoms. The third-order valence-electron chi connectivity index (χ3n) is 2.38. The highest BCUT2D eigenvalue weighted by atomic mass is 16.3. The van der Waals surface area contributed by atoms with E-state index in [1.807, 2.05) is 17.7 Å². The fourth-order valence-corrected chi connectivity index (χ4v) is 1.45. The second-order valence-corrected chi connectivity index (χ2v) is 3.70. The lowest BCUT2D eigenvalue weighted by atomic mass is 10.3. The van der Waals surface area contributed by atoms with Crippen molar-refractivity contribution in [3.05, 3.63) is 18.2 Å². The molecule has 5 heteroatoms. The van der Waals surface area contributed by atoms with E-state index in [9.17, 15) is 4.79 Å². The third-order valence-corrected chi connectivity index (χ3v) is 2.38. The van der Waals surface area contributed by atoms with Crippen molar-refractivity contribution in [1.29, 1.82) is 0 Å². The molecule has 90 valence electrons.